The Bertz CT molecular complexity index is 462. The molecule has 7 heteroatoms. The normalized spacial score (nSPS) is 18.1. The molecule has 2 rings (SSSR count). The molecule has 1 atom stereocenters. The largest absolute Gasteiger partial charge is 0.416 e. The Morgan fingerprint density at radius 3 is 2.38 bits per heavy atom. The van der Waals surface area contributed by atoms with Crippen LogP contribution in [0.1, 0.15) is 30.5 Å². The number of hydrogen-bond acceptors (Lipinski definition) is 2. The highest BCUT2D eigenvalue weighted by molar-refractivity contribution is 9.10. The van der Waals surface area contributed by atoms with Crippen molar-refractivity contribution in [2.24, 2.45) is 0 Å². The van der Waals surface area contributed by atoms with Crippen LogP contribution in [0, 0.1) is 0 Å². The average Bonchev–Trinajstić information content (AvgIpc) is 2.39. The van der Waals surface area contributed by atoms with Crippen molar-refractivity contribution >= 4 is 28.3 Å². The molecule has 1 aliphatic rings. The van der Waals surface area contributed by atoms with Gasteiger partial charge in [-0.2, -0.15) is 13.2 Å². The smallest absolute Gasteiger partial charge is 0.314 e. The van der Waals surface area contributed by atoms with E-state index in [-0.39, 0.29) is 18.4 Å². The minimum Gasteiger partial charge on any atom is -0.314 e. The topological polar surface area (TPSA) is 15.3 Å². The van der Waals surface area contributed by atoms with Crippen molar-refractivity contribution in [3.05, 3.63) is 33.8 Å². The molecule has 1 aliphatic heterocycles. The average molecular weight is 388 g/mol. The van der Waals surface area contributed by atoms with Crippen LogP contribution >= 0.6 is 28.3 Å². The second-order valence-electron chi connectivity index (χ2n) is 4.98. The zero-order valence-corrected chi connectivity index (χ0v) is 14.1. The van der Waals surface area contributed by atoms with Crippen molar-refractivity contribution in [2.45, 2.75) is 25.6 Å². The summed E-state index contributed by atoms with van der Waals surface area (Å²) < 4.78 is 39.2. The first kappa shape index (κ1) is 18.7. The maximum absolute atomic E-state index is 12.9. The summed E-state index contributed by atoms with van der Waals surface area (Å²) in [6, 6.07) is 4.25. The number of benzene rings is 1. The first-order chi connectivity index (χ1) is 9.41. The van der Waals surface area contributed by atoms with Gasteiger partial charge in [0.1, 0.15) is 0 Å². The quantitative estimate of drug-likeness (QED) is 0.834. The molecule has 1 aromatic carbocycles. The van der Waals surface area contributed by atoms with Gasteiger partial charge in [0.2, 0.25) is 0 Å². The van der Waals surface area contributed by atoms with Gasteiger partial charge in [0.25, 0.3) is 0 Å². The van der Waals surface area contributed by atoms with Gasteiger partial charge in [-0.25, -0.2) is 0 Å². The highest BCUT2D eigenvalue weighted by atomic mass is 79.9. The fourth-order valence-corrected chi connectivity index (χ4v) is 3.18. The SMILES string of the molecule is CC[C@@H](c1cc(Br)cc(C(F)(F)F)c1)N1CCNCC1.Cl. The molecule has 21 heavy (non-hydrogen) atoms. The van der Waals surface area contributed by atoms with Crippen LogP contribution in [0.25, 0.3) is 0 Å². The molecule has 1 fully saturated rings. The van der Waals surface area contributed by atoms with E-state index in [4.69, 9.17) is 0 Å². The molecule has 0 amide bonds. The zero-order valence-electron chi connectivity index (χ0n) is 11.7. The molecule has 0 radical (unpaired) electrons. The van der Waals surface area contributed by atoms with E-state index < -0.39 is 11.7 Å². The summed E-state index contributed by atoms with van der Waals surface area (Å²) in [4.78, 5) is 2.25. The van der Waals surface area contributed by atoms with Gasteiger partial charge in [0, 0.05) is 36.7 Å². The summed E-state index contributed by atoms with van der Waals surface area (Å²) in [5, 5.41) is 3.26. The standard InChI is InChI=1S/C14H18BrF3N2.ClH/c1-2-13(20-5-3-19-4-6-20)10-7-11(14(16,17)18)9-12(15)8-10;/h7-9,13,19H,2-6H2,1H3;1H/t13-;/m0./s1. The van der Waals surface area contributed by atoms with Crippen LogP contribution < -0.4 is 5.32 Å². The molecule has 0 aromatic heterocycles. The summed E-state index contributed by atoms with van der Waals surface area (Å²) in [6.07, 6.45) is -3.51. The van der Waals surface area contributed by atoms with Crippen LogP contribution in [0.2, 0.25) is 0 Å². The summed E-state index contributed by atoms with van der Waals surface area (Å²) in [5.41, 5.74) is 0.145. The number of alkyl halides is 3. The van der Waals surface area contributed by atoms with Gasteiger partial charge in [-0.15, -0.1) is 12.4 Å². The Morgan fingerprint density at radius 1 is 1.24 bits per heavy atom. The number of nitrogens with one attached hydrogen (secondary N) is 1. The molecular formula is C14H19BrClF3N2. The van der Waals surface area contributed by atoms with E-state index in [0.29, 0.717) is 4.47 Å². The molecule has 2 nitrogen and oxygen atoms in total. The molecule has 120 valence electrons. The number of nitrogens with zero attached hydrogens (tertiary/aromatic N) is 1. The molecular weight excluding hydrogens is 369 g/mol. The van der Waals surface area contributed by atoms with E-state index >= 15 is 0 Å². The van der Waals surface area contributed by atoms with E-state index in [1.165, 1.54) is 6.07 Å². The van der Waals surface area contributed by atoms with E-state index in [9.17, 15) is 13.2 Å². The van der Waals surface area contributed by atoms with Crippen molar-refractivity contribution in [3.8, 4) is 0 Å². The van der Waals surface area contributed by atoms with Crippen molar-refractivity contribution in [2.75, 3.05) is 26.2 Å². The lowest BCUT2D eigenvalue weighted by molar-refractivity contribution is -0.137. The summed E-state index contributed by atoms with van der Waals surface area (Å²) in [6.45, 7) is 5.52. The fourth-order valence-electron chi connectivity index (χ4n) is 2.67. The first-order valence-electron chi connectivity index (χ1n) is 6.74. The number of piperazine rings is 1. The van der Waals surface area contributed by atoms with Crippen molar-refractivity contribution in [1.29, 1.82) is 0 Å². The summed E-state index contributed by atoms with van der Waals surface area (Å²) >= 11 is 3.20. The Labute approximate surface area is 137 Å². The predicted octanol–water partition coefficient (Wildman–Crippen LogP) is 4.25. The Balaban J connectivity index is 0.00000220. The van der Waals surface area contributed by atoms with Gasteiger partial charge >= 0.3 is 6.18 Å². The third-order valence-electron chi connectivity index (χ3n) is 3.61. The molecule has 1 aromatic rings. The number of rotatable bonds is 3. The van der Waals surface area contributed by atoms with Gasteiger partial charge in [-0.05, 0) is 30.2 Å². The van der Waals surface area contributed by atoms with Gasteiger partial charge < -0.3 is 5.32 Å². The number of hydrogen-bond donors (Lipinski definition) is 1. The van der Waals surface area contributed by atoms with Crippen LogP contribution in [0.3, 0.4) is 0 Å². The highest BCUT2D eigenvalue weighted by Crippen LogP contribution is 2.35. The van der Waals surface area contributed by atoms with E-state index in [1.54, 1.807) is 6.07 Å². The van der Waals surface area contributed by atoms with Crippen molar-refractivity contribution < 1.29 is 13.2 Å². The lowest BCUT2D eigenvalue weighted by Gasteiger charge is -2.35. The molecule has 0 bridgehead atoms. The minimum atomic E-state index is -4.31. The summed E-state index contributed by atoms with van der Waals surface area (Å²) in [5.74, 6) is 0. The molecule has 0 spiro atoms. The Hall–Kier alpha value is -0.300. The highest BCUT2D eigenvalue weighted by Gasteiger charge is 2.32. The molecule has 1 N–H and O–H groups in total. The molecule has 1 heterocycles. The Kier molecular flexibility index (Phi) is 6.97. The van der Waals surface area contributed by atoms with Gasteiger partial charge in [0.15, 0.2) is 0 Å². The maximum atomic E-state index is 12.9. The molecule has 0 saturated carbocycles. The summed E-state index contributed by atoms with van der Waals surface area (Å²) in [7, 11) is 0. The molecule has 0 aliphatic carbocycles. The lowest BCUT2D eigenvalue weighted by atomic mass is 9.99. The minimum absolute atomic E-state index is 0. The third-order valence-corrected chi connectivity index (χ3v) is 4.07. The van der Waals surface area contributed by atoms with Crippen LogP contribution in [0.15, 0.2) is 22.7 Å². The van der Waals surface area contributed by atoms with Crippen molar-refractivity contribution in [1.82, 2.24) is 10.2 Å². The van der Waals surface area contributed by atoms with E-state index in [2.05, 4.69) is 26.1 Å². The fraction of sp³-hybridized carbons (Fsp3) is 0.571. The molecule has 0 unspecified atom stereocenters. The second-order valence-corrected chi connectivity index (χ2v) is 5.90. The monoisotopic (exact) mass is 386 g/mol. The van der Waals surface area contributed by atoms with E-state index in [1.807, 2.05) is 6.92 Å². The predicted molar refractivity (Wildman–Crippen MR) is 83.9 cm³/mol. The van der Waals surface area contributed by atoms with E-state index in [0.717, 1.165) is 44.2 Å². The van der Waals surface area contributed by atoms with Crippen LogP contribution in [-0.4, -0.2) is 31.1 Å². The van der Waals surface area contributed by atoms with Gasteiger partial charge in [-0.3, -0.25) is 4.90 Å². The Morgan fingerprint density at radius 2 is 1.86 bits per heavy atom. The van der Waals surface area contributed by atoms with Crippen LogP contribution in [0.5, 0.6) is 0 Å². The second kappa shape index (κ2) is 7.81. The number of halogens is 5. The third kappa shape index (κ3) is 4.84. The van der Waals surface area contributed by atoms with Crippen LogP contribution in [-0.2, 0) is 6.18 Å². The molecule has 1 saturated heterocycles. The van der Waals surface area contributed by atoms with Gasteiger partial charge in [-0.1, -0.05) is 22.9 Å². The van der Waals surface area contributed by atoms with Crippen molar-refractivity contribution in [3.63, 3.8) is 0 Å². The first-order valence-corrected chi connectivity index (χ1v) is 7.53. The maximum Gasteiger partial charge on any atom is 0.416 e. The zero-order chi connectivity index (χ0) is 14.8. The van der Waals surface area contributed by atoms with Gasteiger partial charge in [0.05, 0.1) is 5.56 Å². The lowest BCUT2D eigenvalue weighted by Crippen LogP contribution is -2.45. The van der Waals surface area contributed by atoms with Crippen LogP contribution in [0.4, 0.5) is 13.2 Å².